The van der Waals surface area contributed by atoms with Crippen LogP contribution in [0.3, 0.4) is 0 Å². The zero-order chi connectivity index (χ0) is 24.4. The predicted octanol–water partition coefficient (Wildman–Crippen LogP) is 6.70. The summed E-state index contributed by atoms with van der Waals surface area (Å²) in [6.07, 6.45) is 1.89. The van der Waals surface area contributed by atoms with Gasteiger partial charge in [-0.05, 0) is 53.6 Å². The van der Waals surface area contributed by atoms with Gasteiger partial charge in [-0.1, -0.05) is 71.1 Å². The van der Waals surface area contributed by atoms with Gasteiger partial charge in [0.25, 0.3) is 5.91 Å². The minimum Gasteiger partial charge on any atom is -0.497 e. The molecule has 0 aliphatic carbocycles. The van der Waals surface area contributed by atoms with Gasteiger partial charge in [0.1, 0.15) is 21.9 Å². The minimum atomic E-state index is -0.288. The van der Waals surface area contributed by atoms with E-state index in [9.17, 15) is 4.79 Å². The fourth-order valence-electron chi connectivity index (χ4n) is 3.59. The Labute approximate surface area is 216 Å². The first kappa shape index (κ1) is 23.4. The number of halogens is 1. The lowest BCUT2D eigenvalue weighted by molar-refractivity contribution is -0.114. The number of nitrogens with zero attached hydrogens (tertiary/aromatic N) is 3. The quantitative estimate of drug-likeness (QED) is 0.263. The van der Waals surface area contributed by atoms with Gasteiger partial charge in [-0.15, -0.1) is 10.2 Å². The van der Waals surface area contributed by atoms with Gasteiger partial charge in [0.05, 0.1) is 19.1 Å². The number of rotatable bonds is 6. The summed E-state index contributed by atoms with van der Waals surface area (Å²) in [6, 6.07) is 22.7. The van der Waals surface area contributed by atoms with Crippen LogP contribution in [0.4, 0.5) is 5.13 Å². The van der Waals surface area contributed by atoms with Gasteiger partial charge in [-0.25, -0.2) is 0 Å². The Kier molecular flexibility index (Phi) is 6.77. The second kappa shape index (κ2) is 10.1. The van der Waals surface area contributed by atoms with Crippen molar-refractivity contribution in [1.82, 2.24) is 10.2 Å². The fraction of sp³-hybridized carbons (Fsp3) is 0.115. The van der Waals surface area contributed by atoms with Crippen molar-refractivity contribution in [3.05, 3.63) is 93.9 Å². The molecule has 1 saturated heterocycles. The van der Waals surface area contributed by atoms with E-state index < -0.39 is 0 Å². The second-order valence-electron chi connectivity index (χ2n) is 7.60. The zero-order valence-corrected chi connectivity index (χ0v) is 21.2. The Morgan fingerprint density at radius 1 is 0.886 bits per heavy atom. The van der Waals surface area contributed by atoms with Crippen LogP contribution in [0.1, 0.15) is 16.5 Å². The van der Waals surface area contributed by atoms with E-state index in [4.69, 9.17) is 21.1 Å². The summed E-state index contributed by atoms with van der Waals surface area (Å²) in [5.41, 5.74) is 2.77. The van der Waals surface area contributed by atoms with Crippen LogP contribution in [0.25, 0.3) is 16.6 Å². The van der Waals surface area contributed by atoms with Crippen LogP contribution in [0.2, 0.25) is 5.02 Å². The van der Waals surface area contributed by atoms with E-state index in [2.05, 4.69) is 10.2 Å². The van der Waals surface area contributed by atoms with Gasteiger partial charge >= 0.3 is 0 Å². The molecule has 1 amide bonds. The molecule has 1 aromatic heterocycles. The van der Waals surface area contributed by atoms with E-state index in [1.165, 1.54) is 23.1 Å². The van der Waals surface area contributed by atoms with Gasteiger partial charge < -0.3 is 9.47 Å². The zero-order valence-electron chi connectivity index (χ0n) is 18.8. The highest BCUT2D eigenvalue weighted by molar-refractivity contribution is 8.05. The van der Waals surface area contributed by atoms with Crippen LogP contribution in [-0.4, -0.2) is 30.3 Å². The predicted molar refractivity (Wildman–Crippen MR) is 142 cm³/mol. The molecule has 0 N–H and O–H groups in total. The van der Waals surface area contributed by atoms with Crippen molar-refractivity contribution in [2.45, 2.75) is 5.37 Å². The highest BCUT2D eigenvalue weighted by atomic mass is 35.5. The summed E-state index contributed by atoms with van der Waals surface area (Å²) in [4.78, 5) is 16.0. The molecular formula is C26H20ClN3O3S2. The van der Waals surface area contributed by atoms with Gasteiger partial charge in [0, 0.05) is 10.6 Å². The smallest absolute Gasteiger partial charge is 0.267 e. The van der Waals surface area contributed by atoms with Gasteiger partial charge in [-0.3, -0.25) is 9.69 Å². The third-order valence-electron chi connectivity index (χ3n) is 5.43. The van der Waals surface area contributed by atoms with Crippen molar-refractivity contribution in [3.63, 3.8) is 0 Å². The number of hydrogen-bond acceptors (Lipinski definition) is 7. The van der Waals surface area contributed by atoms with Crippen LogP contribution in [0.15, 0.2) is 77.7 Å². The lowest BCUT2D eigenvalue weighted by Gasteiger charge is -2.20. The highest BCUT2D eigenvalue weighted by Gasteiger charge is 2.40. The molecule has 1 fully saturated rings. The maximum absolute atomic E-state index is 13.6. The first-order valence-corrected chi connectivity index (χ1v) is 12.7. The van der Waals surface area contributed by atoms with Crippen LogP contribution in [0, 0.1) is 0 Å². The molecule has 6 nitrogen and oxygen atoms in total. The number of thioether (sulfide) groups is 1. The SMILES string of the molecule is COc1ccc(/C=C2\SC(c3ccc(OC)cc3)N(c3nnc(-c4ccc(Cl)cc4)s3)C2=O)cc1. The molecule has 1 atom stereocenters. The number of hydrogen-bond donors (Lipinski definition) is 0. The van der Waals surface area contributed by atoms with Crippen LogP contribution in [-0.2, 0) is 4.79 Å². The van der Waals surface area contributed by atoms with Gasteiger partial charge in [0.15, 0.2) is 0 Å². The number of carbonyl (C=O) groups excluding carboxylic acids is 1. The Balaban J connectivity index is 1.52. The summed E-state index contributed by atoms with van der Waals surface area (Å²) < 4.78 is 10.5. The average Bonchev–Trinajstić information content (AvgIpc) is 3.50. The molecule has 35 heavy (non-hydrogen) atoms. The summed E-state index contributed by atoms with van der Waals surface area (Å²) in [5.74, 6) is 1.40. The Morgan fingerprint density at radius 3 is 2.14 bits per heavy atom. The van der Waals surface area contributed by atoms with E-state index in [1.807, 2.05) is 78.9 Å². The van der Waals surface area contributed by atoms with Crippen molar-refractivity contribution in [1.29, 1.82) is 0 Å². The molecule has 0 spiro atoms. The first-order chi connectivity index (χ1) is 17.1. The molecule has 9 heteroatoms. The van der Waals surface area contributed by atoms with E-state index >= 15 is 0 Å². The number of anilines is 1. The number of amides is 1. The van der Waals surface area contributed by atoms with E-state index in [0.29, 0.717) is 15.1 Å². The van der Waals surface area contributed by atoms with Crippen LogP contribution in [0.5, 0.6) is 11.5 Å². The maximum Gasteiger partial charge on any atom is 0.267 e. The Hall–Kier alpha value is -3.33. The molecule has 3 aromatic carbocycles. The molecule has 0 radical (unpaired) electrons. The first-order valence-electron chi connectivity index (χ1n) is 10.6. The van der Waals surface area contributed by atoms with Crippen molar-refractivity contribution in [3.8, 4) is 22.1 Å². The normalized spacial score (nSPS) is 16.7. The number of benzene rings is 3. The van der Waals surface area contributed by atoms with E-state index in [0.717, 1.165) is 33.2 Å². The summed E-state index contributed by atoms with van der Waals surface area (Å²) in [6.45, 7) is 0. The lowest BCUT2D eigenvalue weighted by Crippen LogP contribution is -2.27. The molecule has 176 valence electrons. The number of ether oxygens (including phenoxy) is 2. The van der Waals surface area contributed by atoms with E-state index in [1.54, 1.807) is 19.1 Å². The Bertz CT molecular complexity index is 1370. The van der Waals surface area contributed by atoms with Crippen molar-refractivity contribution >= 4 is 51.8 Å². The molecule has 1 aliphatic heterocycles. The monoisotopic (exact) mass is 521 g/mol. The molecular weight excluding hydrogens is 502 g/mol. The summed E-state index contributed by atoms with van der Waals surface area (Å²) >= 11 is 8.88. The summed E-state index contributed by atoms with van der Waals surface area (Å²) in [7, 11) is 3.26. The van der Waals surface area contributed by atoms with Crippen molar-refractivity contribution in [2.75, 3.05) is 19.1 Å². The van der Waals surface area contributed by atoms with Crippen molar-refractivity contribution < 1.29 is 14.3 Å². The van der Waals surface area contributed by atoms with Crippen molar-refractivity contribution in [2.24, 2.45) is 0 Å². The molecule has 0 saturated carbocycles. The topological polar surface area (TPSA) is 64.6 Å². The largest absolute Gasteiger partial charge is 0.497 e. The summed E-state index contributed by atoms with van der Waals surface area (Å²) in [5, 5.41) is 10.3. The standard InChI is InChI=1S/C26H20ClN3O3S2/c1-32-20-11-3-16(4-12-20)15-22-24(31)30(25(34-22)18-7-13-21(33-2)14-8-18)26-29-28-23(35-26)17-5-9-19(27)10-6-17/h3-15,25H,1-2H3/b22-15-. The highest BCUT2D eigenvalue weighted by Crippen LogP contribution is 2.49. The van der Waals surface area contributed by atoms with Gasteiger partial charge in [0.2, 0.25) is 5.13 Å². The van der Waals surface area contributed by atoms with Crippen LogP contribution < -0.4 is 14.4 Å². The molecule has 0 bridgehead atoms. The fourth-order valence-corrected chi connectivity index (χ4v) is 5.90. The third kappa shape index (κ3) is 4.91. The Morgan fingerprint density at radius 2 is 1.51 bits per heavy atom. The van der Waals surface area contributed by atoms with E-state index in [-0.39, 0.29) is 11.3 Å². The molecule has 1 unspecified atom stereocenters. The molecule has 5 rings (SSSR count). The third-order valence-corrected chi connectivity index (χ3v) is 7.91. The second-order valence-corrected chi connectivity index (χ2v) is 10.1. The maximum atomic E-state index is 13.6. The number of methoxy groups -OCH3 is 2. The lowest BCUT2D eigenvalue weighted by atomic mass is 10.2. The number of carbonyl (C=O) groups is 1. The number of aromatic nitrogens is 2. The van der Waals surface area contributed by atoms with Crippen LogP contribution >= 0.6 is 34.7 Å². The van der Waals surface area contributed by atoms with Gasteiger partial charge in [-0.2, -0.15) is 0 Å². The average molecular weight is 522 g/mol. The molecule has 2 heterocycles. The molecule has 1 aliphatic rings. The molecule has 4 aromatic rings. The minimum absolute atomic E-state index is 0.120.